The van der Waals surface area contributed by atoms with Gasteiger partial charge in [0, 0.05) is 12.1 Å². The summed E-state index contributed by atoms with van der Waals surface area (Å²) in [5.74, 6) is 1.52. The van der Waals surface area contributed by atoms with Crippen LogP contribution in [-0.2, 0) is 0 Å². The molecular formula is C18H19NO3. The van der Waals surface area contributed by atoms with E-state index >= 15 is 0 Å². The minimum atomic E-state index is -0.150. The largest absolute Gasteiger partial charge is 0.486 e. The molecule has 1 aliphatic heterocycles. The molecule has 0 spiro atoms. The molecular weight excluding hydrogens is 278 g/mol. The lowest BCUT2D eigenvalue weighted by atomic mass is 10.2. The van der Waals surface area contributed by atoms with Gasteiger partial charge < -0.3 is 14.4 Å². The Labute approximate surface area is 130 Å². The van der Waals surface area contributed by atoms with E-state index in [0.717, 1.165) is 11.5 Å². The van der Waals surface area contributed by atoms with Crippen LogP contribution in [0.2, 0.25) is 0 Å². The average Bonchev–Trinajstić information content (AvgIpc) is 2.59. The highest BCUT2D eigenvalue weighted by Crippen LogP contribution is 2.31. The lowest BCUT2D eigenvalue weighted by Gasteiger charge is -2.31. The summed E-state index contributed by atoms with van der Waals surface area (Å²) in [6, 6.07) is 16.9. The fourth-order valence-corrected chi connectivity index (χ4v) is 2.52. The number of hydrogen-bond donors (Lipinski definition) is 0. The van der Waals surface area contributed by atoms with Crippen molar-refractivity contribution in [3.63, 3.8) is 0 Å². The molecule has 1 aliphatic rings. The molecule has 0 unspecified atom stereocenters. The molecule has 0 saturated heterocycles. The summed E-state index contributed by atoms with van der Waals surface area (Å²) in [6.07, 6.45) is -0.150. The van der Waals surface area contributed by atoms with E-state index in [1.807, 2.05) is 61.5 Å². The molecule has 0 fully saturated rings. The Morgan fingerprint density at radius 2 is 1.77 bits per heavy atom. The summed E-state index contributed by atoms with van der Waals surface area (Å²) in [5.41, 5.74) is 0.696. The fourth-order valence-electron chi connectivity index (χ4n) is 2.52. The van der Waals surface area contributed by atoms with E-state index in [1.165, 1.54) is 0 Å². The highest BCUT2D eigenvalue weighted by molar-refractivity contribution is 5.94. The third-order valence-corrected chi connectivity index (χ3v) is 3.68. The highest BCUT2D eigenvalue weighted by atomic mass is 16.6. The molecule has 2 aromatic rings. The Morgan fingerprint density at radius 1 is 1.09 bits per heavy atom. The van der Waals surface area contributed by atoms with Crippen LogP contribution in [0.3, 0.4) is 0 Å². The van der Waals surface area contributed by atoms with Crippen molar-refractivity contribution in [2.45, 2.75) is 13.0 Å². The second kappa shape index (κ2) is 6.52. The van der Waals surface area contributed by atoms with Gasteiger partial charge in [0.05, 0.1) is 6.54 Å². The monoisotopic (exact) mass is 297 g/mol. The molecule has 0 aliphatic carbocycles. The Balaban J connectivity index is 1.68. The van der Waals surface area contributed by atoms with Gasteiger partial charge in [-0.05, 0) is 31.2 Å². The zero-order valence-electron chi connectivity index (χ0n) is 12.6. The van der Waals surface area contributed by atoms with Gasteiger partial charge in [0.15, 0.2) is 17.6 Å². The van der Waals surface area contributed by atoms with Gasteiger partial charge in [-0.15, -0.1) is 0 Å². The molecule has 0 N–H and O–H groups in total. The fraction of sp³-hybridized carbons (Fsp3) is 0.278. The number of likely N-dealkylation sites (N-methyl/N-ethyl adjacent to an activating group) is 1. The van der Waals surface area contributed by atoms with Gasteiger partial charge in [0.25, 0.3) is 5.91 Å². The van der Waals surface area contributed by atoms with Gasteiger partial charge in [0.2, 0.25) is 0 Å². The predicted octanol–water partition coefficient (Wildman–Crippen LogP) is 2.99. The van der Waals surface area contributed by atoms with Gasteiger partial charge in [-0.25, -0.2) is 0 Å². The van der Waals surface area contributed by atoms with E-state index < -0.39 is 0 Å². The molecule has 0 radical (unpaired) electrons. The first-order valence-electron chi connectivity index (χ1n) is 7.50. The van der Waals surface area contributed by atoms with E-state index in [4.69, 9.17) is 9.47 Å². The summed E-state index contributed by atoms with van der Waals surface area (Å²) < 4.78 is 11.6. The first kappa shape index (κ1) is 14.4. The Hall–Kier alpha value is -2.49. The third kappa shape index (κ3) is 3.06. The lowest BCUT2D eigenvalue weighted by molar-refractivity contribution is 0.0475. The van der Waals surface area contributed by atoms with E-state index in [2.05, 4.69) is 0 Å². The number of fused-ring (bicyclic) bond motifs is 1. The Kier molecular flexibility index (Phi) is 4.28. The maximum atomic E-state index is 12.5. The van der Waals surface area contributed by atoms with Crippen LogP contribution in [0.4, 0.5) is 0 Å². The van der Waals surface area contributed by atoms with Gasteiger partial charge >= 0.3 is 0 Å². The molecule has 4 nitrogen and oxygen atoms in total. The zero-order valence-corrected chi connectivity index (χ0v) is 12.6. The van der Waals surface area contributed by atoms with Crippen molar-refractivity contribution in [2.24, 2.45) is 0 Å². The molecule has 0 bridgehead atoms. The molecule has 1 atom stereocenters. The summed E-state index contributed by atoms with van der Waals surface area (Å²) in [7, 11) is 0. The highest BCUT2D eigenvalue weighted by Gasteiger charge is 2.25. The van der Waals surface area contributed by atoms with Gasteiger partial charge in [-0.2, -0.15) is 0 Å². The van der Waals surface area contributed by atoms with Crippen LogP contribution in [-0.4, -0.2) is 36.6 Å². The van der Waals surface area contributed by atoms with Crippen LogP contribution in [0.1, 0.15) is 17.3 Å². The molecule has 114 valence electrons. The zero-order chi connectivity index (χ0) is 15.4. The second-order valence-electron chi connectivity index (χ2n) is 5.21. The number of ether oxygens (including phenoxy) is 2. The number of carbonyl (C=O) groups is 1. The number of rotatable bonds is 4. The van der Waals surface area contributed by atoms with Crippen molar-refractivity contribution in [3.05, 3.63) is 60.2 Å². The van der Waals surface area contributed by atoms with Gasteiger partial charge in [-0.1, -0.05) is 30.3 Å². The minimum absolute atomic E-state index is 0.0190. The summed E-state index contributed by atoms with van der Waals surface area (Å²) >= 11 is 0. The van der Waals surface area contributed by atoms with Crippen LogP contribution >= 0.6 is 0 Å². The van der Waals surface area contributed by atoms with Gasteiger partial charge in [-0.3, -0.25) is 4.79 Å². The quantitative estimate of drug-likeness (QED) is 0.871. The first-order chi connectivity index (χ1) is 10.8. The third-order valence-electron chi connectivity index (χ3n) is 3.68. The standard InChI is InChI=1S/C18H19NO3/c1-2-19(18(20)14-8-4-3-5-9-14)12-15-13-21-16-10-6-7-11-17(16)22-15/h3-11,15H,2,12-13H2,1H3/t15-/m1/s1. The number of para-hydroxylation sites is 2. The summed E-state index contributed by atoms with van der Waals surface area (Å²) in [6.45, 7) is 3.57. The molecule has 1 heterocycles. The van der Waals surface area contributed by atoms with Crippen LogP contribution in [0.5, 0.6) is 11.5 Å². The molecule has 4 heteroatoms. The normalized spacial score (nSPS) is 16.1. The van der Waals surface area contributed by atoms with Crippen molar-refractivity contribution in [1.82, 2.24) is 4.90 Å². The molecule has 1 amide bonds. The summed E-state index contributed by atoms with van der Waals surface area (Å²) in [5, 5.41) is 0. The molecule has 3 rings (SSSR count). The number of carbonyl (C=O) groups excluding carboxylic acids is 1. The van der Waals surface area contributed by atoms with Crippen LogP contribution in [0, 0.1) is 0 Å². The van der Waals surface area contributed by atoms with Crippen LogP contribution < -0.4 is 9.47 Å². The SMILES string of the molecule is CCN(C[C@@H]1COc2ccccc2O1)C(=O)c1ccccc1. The van der Waals surface area contributed by atoms with E-state index in [1.54, 1.807) is 4.90 Å². The van der Waals surface area contributed by atoms with E-state index in [-0.39, 0.29) is 12.0 Å². The molecule has 2 aromatic carbocycles. The first-order valence-corrected chi connectivity index (χ1v) is 7.50. The van der Waals surface area contributed by atoms with Crippen molar-refractivity contribution >= 4 is 5.91 Å². The maximum absolute atomic E-state index is 12.5. The van der Waals surface area contributed by atoms with Crippen molar-refractivity contribution in [1.29, 1.82) is 0 Å². The predicted molar refractivity (Wildman–Crippen MR) is 84.4 cm³/mol. The minimum Gasteiger partial charge on any atom is -0.486 e. The second-order valence-corrected chi connectivity index (χ2v) is 5.21. The topological polar surface area (TPSA) is 38.8 Å². The van der Waals surface area contributed by atoms with Crippen LogP contribution in [0.15, 0.2) is 54.6 Å². The van der Waals surface area contributed by atoms with E-state index in [0.29, 0.717) is 25.3 Å². The number of amides is 1. The van der Waals surface area contributed by atoms with E-state index in [9.17, 15) is 4.79 Å². The Morgan fingerprint density at radius 3 is 2.50 bits per heavy atom. The molecule has 0 aromatic heterocycles. The number of benzene rings is 2. The molecule has 0 saturated carbocycles. The van der Waals surface area contributed by atoms with Crippen LogP contribution in [0.25, 0.3) is 0 Å². The lowest BCUT2D eigenvalue weighted by Crippen LogP contribution is -2.43. The number of hydrogen-bond acceptors (Lipinski definition) is 3. The average molecular weight is 297 g/mol. The van der Waals surface area contributed by atoms with Crippen molar-refractivity contribution in [2.75, 3.05) is 19.7 Å². The molecule has 22 heavy (non-hydrogen) atoms. The number of nitrogens with zero attached hydrogens (tertiary/aromatic N) is 1. The van der Waals surface area contributed by atoms with Crippen molar-refractivity contribution < 1.29 is 14.3 Å². The Bertz CT molecular complexity index is 642. The summed E-state index contributed by atoms with van der Waals surface area (Å²) in [4.78, 5) is 14.3. The maximum Gasteiger partial charge on any atom is 0.253 e. The smallest absolute Gasteiger partial charge is 0.253 e. The van der Waals surface area contributed by atoms with Crippen molar-refractivity contribution in [3.8, 4) is 11.5 Å². The van der Waals surface area contributed by atoms with Gasteiger partial charge in [0.1, 0.15) is 6.61 Å².